The van der Waals surface area contributed by atoms with E-state index in [9.17, 15) is 26.7 Å². The molecule has 2 aromatic rings. The molecule has 4 nitrogen and oxygen atoms in total. The molecule has 2 rings (SSSR count). The Morgan fingerprint density at radius 3 is 1.92 bits per heavy atom. The van der Waals surface area contributed by atoms with Crippen LogP contribution in [-0.2, 0) is 0 Å². The van der Waals surface area contributed by atoms with Crippen molar-refractivity contribution in [1.82, 2.24) is 0 Å². The fraction of sp³-hybridized carbons (Fsp3) is 0.133. The Morgan fingerprint density at radius 2 is 1.44 bits per heavy atom. The number of hydrogen-bond acceptors (Lipinski definition) is 5. The van der Waals surface area contributed by atoms with Gasteiger partial charge in [-0.15, -0.1) is 0 Å². The van der Waals surface area contributed by atoms with Gasteiger partial charge in [-0.2, -0.15) is 8.78 Å². The summed E-state index contributed by atoms with van der Waals surface area (Å²) in [4.78, 5) is 12.0. The first-order valence-corrected chi connectivity index (χ1v) is 7.66. The molecule has 0 saturated carbocycles. The van der Waals surface area contributed by atoms with Gasteiger partial charge in [-0.05, 0) is 24.1 Å². The Morgan fingerprint density at radius 1 is 0.960 bits per heavy atom. The monoisotopic (exact) mass is 380 g/mol. The maximum atomic E-state index is 13.5. The summed E-state index contributed by atoms with van der Waals surface area (Å²) < 4.78 is 70.4. The highest BCUT2D eigenvalue weighted by atomic mass is 32.2. The quantitative estimate of drug-likeness (QED) is 0.159. The van der Waals surface area contributed by atoms with Crippen molar-refractivity contribution >= 4 is 23.6 Å². The lowest BCUT2D eigenvalue weighted by Gasteiger charge is -2.11. The summed E-state index contributed by atoms with van der Waals surface area (Å²) in [6.45, 7) is 4.00. The highest BCUT2D eigenvalue weighted by Crippen LogP contribution is 2.31. The van der Waals surface area contributed by atoms with E-state index >= 15 is 0 Å². The third kappa shape index (κ3) is 4.02. The molecule has 25 heavy (non-hydrogen) atoms. The third-order valence-electron chi connectivity index (χ3n) is 2.75. The summed E-state index contributed by atoms with van der Waals surface area (Å²) in [7, 11) is 0. The number of carbonyl (C=O) groups is 1. The third-order valence-corrected chi connectivity index (χ3v) is 3.44. The van der Waals surface area contributed by atoms with Crippen LogP contribution in [0.1, 0.15) is 24.2 Å². The largest absolute Gasteiger partial charge is 0.416 e. The molecule has 0 bridgehead atoms. The van der Waals surface area contributed by atoms with Gasteiger partial charge >= 0.3 is 5.97 Å². The molecule has 2 aromatic carbocycles. The van der Waals surface area contributed by atoms with Crippen molar-refractivity contribution in [3.05, 3.63) is 52.8 Å². The zero-order valence-corrected chi connectivity index (χ0v) is 13.8. The number of esters is 1. The lowest BCUT2D eigenvalue weighted by atomic mass is 10.2. The van der Waals surface area contributed by atoms with Gasteiger partial charge in [0.2, 0.25) is 34.8 Å². The first-order valence-electron chi connectivity index (χ1n) is 6.78. The number of anilines is 1. The van der Waals surface area contributed by atoms with Crippen molar-refractivity contribution in [3.63, 3.8) is 0 Å². The molecule has 4 N–H and O–H groups in total. The lowest BCUT2D eigenvalue weighted by molar-refractivity contribution is 0.0712. The Bertz CT molecular complexity index is 773. The molecule has 0 fully saturated rings. The number of nitrogens with two attached hydrogens (primary N) is 2. The molecule has 0 aliphatic rings. The number of rotatable bonds is 3. The highest BCUT2D eigenvalue weighted by Gasteiger charge is 2.29. The van der Waals surface area contributed by atoms with Crippen LogP contribution in [0.4, 0.5) is 27.6 Å². The van der Waals surface area contributed by atoms with Crippen LogP contribution in [0.5, 0.6) is 5.75 Å². The van der Waals surface area contributed by atoms with Crippen LogP contribution < -0.4 is 15.6 Å². The van der Waals surface area contributed by atoms with E-state index in [1.165, 1.54) is 18.2 Å². The molecular formula is C15H13F5N2O2S. The SMILES string of the molecule is CC.NSc1c(N)cccc1C(=O)Oc1c(F)c(F)c(F)c(F)c1F. The Kier molecular flexibility index (Phi) is 7.19. The minimum atomic E-state index is -2.36. The smallest absolute Gasteiger partial charge is 0.345 e. The van der Waals surface area contributed by atoms with Crippen LogP contribution in [-0.4, -0.2) is 5.97 Å². The highest BCUT2D eigenvalue weighted by molar-refractivity contribution is 7.97. The number of carbonyl (C=O) groups excluding carboxylic acids is 1. The molecular weight excluding hydrogens is 367 g/mol. The fourth-order valence-corrected chi connectivity index (χ4v) is 2.15. The summed E-state index contributed by atoms with van der Waals surface area (Å²) >= 11 is 0.557. The van der Waals surface area contributed by atoms with Gasteiger partial charge in [0.05, 0.1) is 10.5 Å². The molecule has 0 spiro atoms. The molecule has 0 aromatic heterocycles. The van der Waals surface area contributed by atoms with E-state index in [0.29, 0.717) is 11.9 Å². The van der Waals surface area contributed by atoms with Gasteiger partial charge in [0.25, 0.3) is 0 Å². The van der Waals surface area contributed by atoms with Gasteiger partial charge in [0.1, 0.15) is 0 Å². The lowest BCUT2D eigenvalue weighted by Crippen LogP contribution is -2.15. The van der Waals surface area contributed by atoms with Gasteiger partial charge in [-0.25, -0.2) is 18.0 Å². The molecule has 0 unspecified atom stereocenters. The van der Waals surface area contributed by atoms with Gasteiger partial charge in [-0.1, -0.05) is 19.9 Å². The second kappa shape index (κ2) is 8.67. The summed E-state index contributed by atoms with van der Waals surface area (Å²) in [6, 6.07) is 3.88. The normalized spacial score (nSPS) is 10.1. The Labute approximate surface area is 144 Å². The van der Waals surface area contributed by atoms with E-state index in [4.69, 9.17) is 10.9 Å². The van der Waals surface area contributed by atoms with Crippen molar-refractivity contribution in [2.45, 2.75) is 18.7 Å². The van der Waals surface area contributed by atoms with Crippen LogP contribution in [0.2, 0.25) is 0 Å². The van der Waals surface area contributed by atoms with E-state index in [2.05, 4.69) is 4.74 Å². The van der Waals surface area contributed by atoms with Crippen molar-refractivity contribution < 1.29 is 31.5 Å². The molecule has 0 aliphatic heterocycles. The molecule has 0 heterocycles. The maximum absolute atomic E-state index is 13.5. The summed E-state index contributed by atoms with van der Waals surface area (Å²) in [6.07, 6.45) is 0. The predicted octanol–water partition coefficient (Wildman–Crippen LogP) is 4.18. The van der Waals surface area contributed by atoms with E-state index in [1.54, 1.807) is 0 Å². The minimum absolute atomic E-state index is 0.0290. The van der Waals surface area contributed by atoms with Gasteiger partial charge in [-0.3, -0.25) is 5.14 Å². The van der Waals surface area contributed by atoms with Crippen LogP contribution in [0, 0.1) is 29.1 Å². The zero-order chi connectivity index (χ0) is 19.3. The van der Waals surface area contributed by atoms with E-state index in [-0.39, 0.29) is 16.1 Å². The summed E-state index contributed by atoms with van der Waals surface area (Å²) in [5.74, 6) is -14.4. The average molecular weight is 380 g/mol. The number of ether oxygens (including phenoxy) is 1. The molecule has 0 saturated heterocycles. The first-order chi connectivity index (χ1) is 11.8. The van der Waals surface area contributed by atoms with Gasteiger partial charge in [0.15, 0.2) is 0 Å². The molecule has 10 heteroatoms. The fourth-order valence-electron chi connectivity index (χ4n) is 1.67. The molecule has 0 radical (unpaired) electrons. The number of benzene rings is 2. The van der Waals surface area contributed by atoms with Crippen LogP contribution in [0.3, 0.4) is 0 Å². The van der Waals surface area contributed by atoms with Crippen molar-refractivity contribution in [3.8, 4) is 5.75 Å². The number of halogens is 5. The van der Waals surface area contributed by atoms with Crippen molar-refractivity contribution in [2.75, 3.05) is 5.73 Å². The van der Waals surface area contributed by atoms with Gasteiger partial charge in [0, 0.05) is 5.69 Å². The van der Waals surface area contributed by atoms with Crippen LogP contribution >= 0.6 is 11.9 Å². The Balaban J connectivity index is 0.00000151. The van der Waals surface area contributed by atoms with Crippen LogP contribution in [0.25, 0.3) is 0 Å². The summed E-state index contributed by atoms with van der Waals surface area (Å²) in [5, 5.41) is 5.32. The first kappa shape index (κ1) is 20.7. The van der Waals surface area contributed by atoms with E-state index in [1.807, 2.05) is 13.8 Å². The van der Waals surface area contributed by atoms with Crippen LogP contribution in [0.15, 0.2) is 23.1 Å². The topological polar surface area (TPSA) is 78.3 Å². The molecule has 0 atom stereocenters. The molecule has 0 aliphatic carbocycles. The maximum Gasteiger partial charge on any atom is 0.345 e. The van der Waals surface area contributed by atoms with E-state index in [0.717, 1.165) is 0 Å². The van der Waals surface area contributed by atoms with Crippen molar-refractivity contribution in [2.24, 2.45) is 5.14 Å². The van der Waals surface area contributed by atoms with Gasteiger partial charge < -0.3 is 10.5 Å². The summed E-state index contributed by atoms with van der Waals surface area (Å²) in [5.41, 5.74) is 5.35. The second-order valence-electron chi connectivity index (χ2n) is 4.13. The second-order valence-corrected chi connectivity index (χ2v) is 4.77. The zero-order valence-electron chi connectivity index (χ0n) is 13.0. The number of hydrogen-bond donors (Lipinski definition) is 2. The molecule has 0 amide bonds. The average Bonchev–Trinajstić information content (AvgIpc) is 2.63. The standard InChI is InChI=1S/C13H7F5N2O2S.C2H6/c14-6-7(15)9(17)11(10(18)8(6)16)22-13(21)4-2-1-3-5(19)12(4)23-20;1-2/h1-3H,19-20H2;1-2H3. The minimum Gasteiger partial charge on any atom is -0.416 e. The van der Waals surface area contributed by atoms with Crippen molar-refractivity contribution in [1.29, 1.82) is 0 Å². The number of nitrogen functional groups attached to an aromatic ring is 1. The Hall–Kier alpha value is -2.33. The molecule has 136 valence electrons. The van der Waals surface area contributed by atoms with E-state index < -0.39 is 40.8 Å². The predicted molar refractivity (Wildman–Crippen MR) is 83.4 cm³/mol.